The summed E-state index contributed by atoms with van der Waals surface area (Å²) in [5.41, 5.74) is 0.326. The second-order valence-corrected chi connectivity index (χ2v) is 6.13. The van der Waals surface area contributed by atoms with Gasteiger partial charge in [0.1, 0.15) is 4.60 Å². The zero-order valence-electron chi connectivity index (χ0n) is 10.5. The Hall–Kier alpha value is -1.19. The number of methoxy groups -OCH3 is 1. The van der Waals surface area contributed by atoms with Crippen LogP contribution in [0.4, 0.5) is 5.69 Å². The number of nitrogens with zero attached hydrogens (tertiary/aromatic N) is 2. The summed E-state index contributed by atoms with van der Waals surface area (Å²) < 4.78 is 32.2. The molecular weight excluding hydrogens is 338 g/mol. The van der Waals surface area contributed by atoms with Gasteiger partial charge in [0.25, 0.3) is 0 Å². The maximum absolute atomic E-state index is 12.0. The third-order valence-corrected chi connectivity index (χ3v) is 4.38. The molecule has 1 rings (SSSR count). The number of pyridine rings is 1. The lowest BCUT2D eigenvalue weighted by molar-refractivity contribution is -0.140. The highest BCUT2D eigenvalue weighted by molar-refractivity contribution is 9.10. The van der Waals surface area contributed by atoms with Gasteiger partial charge in [-0.25, -0.2) is 4.98 Å². The van der Waals surface area contributed by atoms with Crippen molar-refractivity contribution in [3.05, 3.63) is 22.9 Å². The van der Waals surface area contributed by atoms with Crippen LogP contribution in [0.2, 0.25) is 0 Å². The summed E-state index contributed by atoms with van der Waals surface area (Å²) in [7, 11) is -1.11. The molecule has 0 aromatic carbocycles. The predicted octanol–water partition coefficient (Wildman–Crippen LogP) is 0.996. The summed E-state index contributed by atoms with van der Waals surface area (Å²) >= 11 is 3.14. The molecule has 106 valence electrons. The second kappa shape index (κ2) is 6.83. The Morgan fingerprint density at radius 3 is 2.84 bits per heavy atom. The molecule has 0 bridgehead atoms. The van der Waals surface area contributed by atoms with E-state index in [4.69, 9.17) is 0 Å². The van der Waals surface area contributed by atoms with E-state index in [1.165, 1.54) is 20.4 Å². The fourth-order valence-corrected chi connectivity index (χ4v) is 2.56. The van der Waals surface area contributed by atoms with Gasteiger partial charge in [0.15, 0.2) is 0 Å². The van der Waals surface area contributed by atoms with Crippen molar-refractivity contribution < 1.29 is 17.9 Å². The topological polar surface area (TPSA) is 88.6 Å². The van der Waals surface area contributed by atoms with E-state index in [9.17, 15) is 13.2 Å². The van der Waals surface area contributed by atoms with Gasteiger partial charge in [-0.1, -0.05) is 0 Å². The summed E-state index contributed by atoms with van der Waals surface area (Å²) in [4.78, 5) is 14.9. The maximum atomic E-state index is 12.0. The Morgan fingerprint density at radius 2 is 2.26 bits per heavy atom. The second-order valence-electron chi connectivity index (χ2n) is 3.60. The lowest BCUT2D eigenvalue weighted by Gasteiger charge is -2.18. The molecular formula is C10H14BrN3O4S. The molecule has 1 N–H and O–H groups in total. The molecule has 0 amide bonds. The fourth-order valence-electron chi connectivity index (χ4n) is 1.15. The van der Waals surface area contributed by atoms with Gasteiger partial charge in [0.2, 0.25) is 0 Å². The van der Waals surface area contributed by atoms with Crippen LogP contribution in [0, 0.1) is 0 Å². The highest BCUT2D eigenvalue weighted by atomic mass is 79.9. The number of ether oxygens (including phenoxy) is 1. The standard InChI is InChI=1S/C10H14BrN3O4S/c1-14(7-5-9(15)18-2)19(16,17)13-8-4-3-6-12-10(8)11/h3-4,6,13H,5,7H2,1-2H3. The third-order valence-electron chi connectivity index (χ3n) is 2.27. The molecule has 0 atom stereocenters. The monoisotopic (exact) mass is 351 g/mol. The molecule has 9 heteroatoms. The van der Waals surface area contributed by atoms with Crippen LogP contribution in [-0.4, -0.2) is 44.4 Å². The SMILES string of the molecule is COC(=O)CCN(C)S(=O)(=O)Nc1cccnc1Br. The van der Waals surface area contributed by atoms with Gasteiger partial charge >= 0.3 is 16.2 Å². The quantitative estimate of drug-likeness (QED) is 0.609. The normalized spacial score (nSPS) is 11.4. The summed E-state index contributed by atoms with van der Waals surface area (Å²) in [5.74, 6) is -0.468. The number of esters is 1. The number of anilines is 1. The van der Waals surface area contributed by atoms with Gasteiger partial charge in [-0.05, 0) is 28.1 Å². The molecule has 0 radical (unpaired) electrons. The molecule has 0 saturated carbocycles. The highest BCUT2D eigenvalue weighted by Gasteiger charge is 2.19. The summed E-state index contributed by atoms with van der Waals surface area (Å²) in [6, 6.07) is 3.18. The van der Waals surface area contributed by atoms with Crippen LogP contribution in [0.5, 0.6) is 0 Å². The van der Waals surface area contributed by atoms with Crippen molar-refractivity contribution in [2.45, 2.75) is 6.42 Å². The Balaban J connectivity index is 2.70. The van der Waals surface area contributed by atoms with Crippen molar-refractivity contribution in [2.24, 2.45) is 0 Å². The Bertz CT molecular complexity index is 549. The van der Waals surface area contributed by atoms with Gasteiger partial charge in [-0.15, -0.1) is 0 Å². The predicted molar refractivity (Wildman–Crippen MR) is 73.7 cm³/mol. The molecule has 0 aliphatic rings. The lowest BCUT2D eigenvalue weighted by Crippen LogP contribution is -2.34. The van der Waals surface area contributed by atoms with E-state index in [0.717, 1.165) is 4.31 Å². The minimum atomic E-state index is -3.73. The number of rotatable bonds is 6. The van der Waals surface area contributed by atoms with E-state index in [1.54, 1.807) is 12.1 Å². The zero-order valence-corrected chi connectivity index (χ0v) is 12.9. The average molecular weight is 352 g/mol. The van der Waals surface area contributed by atoms with E-state index in [1.807, 2.05) is 0 Å². The van der Waals surface area contributed by atoms with Crippen molar-refractivity contribution in [1.82, 2.24) is 9.29 Å². The molecule has 0 unspecified atom stereocenters. The molecule has 1 heterocycles. The van der Waals surface area contributed by atoms with Crippen LogP contribution in [0.25, 0.3) is 0 Å². The van der Waals surface area contributed by atoms with E-state index < -0.39 is 16.2 Å². The lowest BCUT2D eigenvalue weighted by atomic mass is 10.4. The Kier molecular flexibility index (Phi) is 5.70. The van der Waals surface area contributed by atoms with Crippen LogP contribution in [-0.2, 0) is 19.7 Å². The number of hydrogen-bond donors (Lipinski definition) is 1. The minimum Gasteiger partial charge on any atom is -0.469 e. The van der Waals surface area contributed by atoms with Crippen molar-refractivity contribution in [2.75, 3.05) is 25.4 Å². The summed E-state index contributed by atoms with van der Waals surface area (Å²) in [6.45, 7) is 0.0277. The van der Waals surface area contributed by atoms with E-state index in [-0.39, 0.29) is 13.0 Å². The number of carbonyl (C=O) groups is 1. The molecule has 7 nitrogen and oxygen atoms in total. The molecule has 0 spiro atoms. The first-order valence-electron chi connectivity index (χ1n) is 5.28. The van der Waals surface area contributed by atoms with Crippen molar-refractivity contribution in [1.29, 1.82) is 0 Å². The molecule has 1 aromatic rings. The van der Waals surface area contributed by atoms with Gasteiger partial charge in [-0.2, -0.15) is 12.7 Å². The maximum Gasteiger partial charge on any atom is 0.306 e. The first kappa shape index (κ1) is 15.9. The first-order valence-corrected chi connectivity index (χ1v) is 7.51. The smallest absolute Gasteiger partial charge is 0.306 e. The van der Waals surface area contributed by atoms with Crippen LogP contribution in [0.3, 0.4) is 0 Å². The molecule has 0 fully saturated rings. The minimum absolute atomic E-state index is 0.0118. The number of halogens is 1. The van der Waals surface area contributed by atoms with Gasteiger partial charge < -0.3 is 4.74 Å². The highest BCUT2D eigenvalue weighted by Crippen LogP contribution is 2.20. The third kappa shape index (κ3) is 4.77. The van der Waals surface area contributed by atoms with Crippen molar-refractivity contribution in [3.8, 4) is 0 Å². The Labute approximate surface area is 120 Å². The fraction of sp³-hybridized carbons (Fsp3) is 0.400. The molecule has 0 aliphatic heterocycles. The van der Waals surface area contributed by atoms with E-state index in [0.29, 0.717) is 10.3 Å². The molecule has 19 heavy (non-hydrogen) atoms. The molecule has 0 aliphatic carbocycles. The average Bonchev–Trinajstić information content (AvgIpc) is 2.37. The van der Waals surface area contributed by atoms with Crippen LogP contribution >= 0.6 is 15.9 Å². The van der Waals surface area contributed by atoms with Gasteiger partial charge in [0, 0.05) is 19.8 Å². The number of aromatic nitrogens is 1. The van der Waals surface area contributed by atoms with E-state index in [2.05, 4.69) is 30.4 Å². The Morgan fingerprint density at radius 1 is 1.58 bits per heavy atom. The molecule has 1 aromatic heterocycles. The number of nitrogens with one attached hydrogen (secondary N) is 1. The number of carbonyl (C=O) groups excluding carboxylic acids is 1. The summed E-state index contributed by atoms with van der Waals surface area (Å²) in [5, 5.41) is 0. The molecule has 0 saturated heterocycles. The van der Waals surface area contributed by atoms with Crippen molar-refractivity contribution >= 4 is 37.8 Å². The van der Waals surface area contributed by atoms with Gasteiger partial charge in [0.05, 0.1) is 19.2 Å². The van der Waals surface area contributed by atoms with Crippen LogP contribution in [0.1, 0.15) is 6.42 Å². The van der Waals surface area contributed by atoms with E-state index >= 15 is 0 Å². The van der Waals surface area contributed by atoms with Crippen LogP contribution in [0.15, 0.2) is 22.9 Å². The largest absolute Gasteiger partial charge is 0.469 e. The summed E-state index contributed by atoms with van der Waals surface area (Å²) in [6.07, 6.45) is 1.52. The van der Waals surface area contributed by atoms with Crippen LogP contribution < -0.4 is 4.72 Å². The first-order chi connectivity index (χ1) is 8.86. The zero-order chi connectivity index (χ0) is 14.5. The number of hydrogen-bond acceptors (Lipinski definition) is 5. The van der Waals surface area contributed by atoms with Gasteiger partial charge in [-0.3, -0.25) is 9.52 Å². The van der Waals surface area contributed by atoms with Crippen molar-refractivity contribution in [3.63, 3.8) is 0 Å².